The zero-order valence-corrected chi connectivity index (χ0v) is 15.4. The van der Waals surface area contributed by atoms with Crippen LogP contribution in [-0.2, 0) is 5.41 Å². The van der Waals surface area contributed by atoms with Crippen molar-refractivity contribution in [1.82, 2.24) is 0 Å². The average molecular weight is 356 g/mol. The van der Waals surface area contributed by atoms with Crippen LogP contribution >= 0.6 is 0 Å². The number of methoxy groups -OCH3 is 1. The van der Waals surface area contributed by atoms with Gasteiger partial charge in [0.15, 0.2) is 11.5 Å². The lowest BCUT2D eigenvalue weighted by Gasteiger charge is -2.30. The maximum absolute atomic E-state index is 11.0. The van der Waals surface area contributed by atoms with E-state index in [0.29, 0.717) is 11.1 Å². The molecular weight excluding hydrogens is 332 g/mol. The van der Waals surface area contributed by atoms with Gasteiger partial charge in [0, 0.05) is 23.1 Å². The number of phenols is 1. The van der Waals surface area contributed by atoms with Gasteiger partial charge in [-0.25, -0.2) is 4.79 Å². The van der Waals surface area contributed by atoms with Gasteiger partial charge in [0.05, 0.1) is 7.11 Å². The van der Waals surface area contributed by atoms with Gasteiger partial charge in [0.2, 0.25) is 0 Å². The first-order valence-corrected chi connectivity index (χ1v) is 8.23. The molecule has 0 saturated heterocycles. The number of aromatic hydroxyl groups is 1. The molecule has 0 aliphatic rings. The van der Waals surface area contributed by atoms with E-state index in [-0.39, 0.29) is 23.2 Å². The van der Waals surface area contributed by atoms with Crippen LogP contribution in [0.1, 0.15) is 43.4 Å². The van der Waals surface area contributed by atoms with Gasteiger partial charge in [-0.1, -0.05) is 57.2 Å². The van der Waals surface area contributed by atoms with Crippen molar-refractivity contribution in [3.8, 4) is 17.2 Å². The van der Waals surface area contributed by atoms with Gasteiger partial charge >= 0.3 is 6.16 Å². The molecule has 0 saturated carbocycles. The van der Waals surface area contributed by atoms with Gasteiger partial charge < -0.3 is 19.7 Å². The Bertz CT molecular complexity index is 803. The molecule has 0 aliphatic heterocycles. The van der Waals surface area contributed by atoms with E-state index < -0.39 is 11.6 Å². The number of allylic oxidation sites excluding steroid dienone is 1. The highest BCUT2D eigenvalue weighted by Gasteiger charge is 2.32. The Labute approximate surface area is 153 Å². The lowest BCUT2D eigenvalue weighted by Crippen LogP contribution is -2.19. The Hall–Kier alpha value is -2.95. The van der Waals surface area contributed by atoms with Crippen LogP contribution in [0.15, 0.2) is 49.1 Å². The molecule has 2 aromatic carbocycles. The zero-order valence-electron chi connectivity index (χ0n) is 15.4. The molecule has 1 unspecified atom stereocenters. The molecule has 26 heavy (non-hydrogen) atoms. The second-order valence-electron chi connectivity index (χ2n) is 6.96. The fraction of sp³-hybridized carbons (Fsp3) is 0.286. The second-order valence-corrected chi connectivity index (χ2v) is 6.96. The fourth-order valence-corrected chi connectivity index (χ4v) is 3.15. The minimum atomic E-state index is -1.47. The number of hydrogen-bond acceptors (Lipinski definition) is 4. The Kier molecular flexibility index (Phi) is 5.60. The molecule has 2 N–H and O–H groups in total. The molecule has 0 spiro atoms. The standard InChI is InChI=1S/C21H24O5/c1-6-14(13-10-8-7-9-11-13)17-15(22)12-16(26-20(23)24)19(25-5)18(17)21(2,3)4/h6-12,14,22H,1H2,2-5H3,(H,23,24). The van der Waals surface area contributed by atoms with Crippen LogP contribution < -0.4 is 9.47 Å². The highest BCUT2D eigenvalue weighted by Crippen LogP contribution is 2.49. The van der Waals surface area contributed by atoms with Crippen LogP contribution in [0.25, 0.3) is 0 Å². The Balaban J connectivity index is 2.84. The van der Waals surface area contributed by atoms with Crippen LogP contribution in [0.2, 0.25) is 0 Å². The van der Waals surface area contributed by atoms with E-state index in [1.54, 1.807) is 6.08 Å². The quantitative estimate of drug-likeness (QED) is 0.444. The van der Waals surface area contributed by atoms with Gasteiger partial charge in [0.25, 0.3) is 0 Å². The molecule has 1 atom stereocenters. The van der Waals surface area contributed by atoms with Gasteiger partial charge in [-0.2, -0.15) is 0 Å². The van der Waals surface area contributed by atoms with Crippen molar-refractivity contribution < 1.29 is 24.5 Å². The number of carbonyl (C=O) groups is 1. The first kappa shape index (κ1) is 19.4. The average Bonchev–Trinajstić information content (AvgIpc) is 2.56. The lowest BCUT2D eigenvalue weighted by atomic mass is 9.77. The number of phenolic OH excluding ortho intramolecular Hbond substituents is 1. The van der Waals surface area contributed by atoms with Crippen molar-refractivity contribution in [2.24, 2.45) is 0 Å². The van der Waals surface area contributed by atoms with Crippen LogP contribution in [0.5, 0.6) is 17.2 Å². The van der Waals surface area contributed by atoms with Crippen molar-refractivity contribution >= 4 is 6.16 Å². The highest BCUT2D eigenvalue weighted by molar-refractivity contribution is 5.68. The van der Waals surface area contributed by atoms with E-state index in [0.717, 1.165) is 5.56 Å². The monoisotopic (exact) mass is 356 g/mol. The summed E-state index contributed by atoms with van der Waals surface area (Å²) in [7, 11) is 1.45. The van der Waals surface area contributed by atoms with Crippen molar-refractivity contribution in [1.29, 1.82) is 0 Å². The Morgan fingerprint density at radius 1 is 1.23 bits per heavy atom. The van der Waals surface area contributed by atoms with Gasteiger partial charge in [0.1, 0.15) is 5.75 Å². The molecule has 0 aromatic heterocycles. The smallest absolute Gasteiger partial charge is 0.507 e. The number of hydrogen-bond donors (Lipinski definition) is 2. The third-order valence-corrected chi connectivity index (χ3v) is 4.12. The summed E-state index contributed by atoms with van der Waals surface area (Å²) in [4.78, 5) is 11.0. The van der Waals surface area contributed by atoms with Crippen molar-refractivity contribution in [3.63, 3.8) is 0 Å². The summed E-state index contributed by atoms with van der Waals surface area (Å²) < 4.78 is 10.3. The number of carboxylic acid groups (broad SMARTS) is 1. The van der Waals surface area contributed by atoms with Gasteiger partial charge in [-0.15, -0.1) is 6.58 Å². The van der Waals surface area contributed by atoms with E-state index in [4.69, 9.17) is 14.6 Å². The molecular formula is C21H24O5. The topological polar surface area (TPSA) is 76.0 Å². The second kappa shape index (κ2) is 7.52. The van der Waals surface area contributed by atoms with Gasteiger partial charge in [-0.3, -0.25) is 0 Å². The molecule has 0 fully saturated rings. The number of ether oxygens (including phenoxy) is 2. The van der Waals surface area contributed by atoms with Crippen molar-refractivity contribution in [2.75, 3.05) is 7.11 Å². The SMILES string of the molecule is C=CC(c1ccccc1)c1c(O)cc(OC(=O)O)c(OC)c1C(C)(C)C. The highest BCUT2D eigenvalue weighted by atomic mass is 16.7. The molecule has 0 bridgehead atoms. The third kappa shape index (κ3) is 3.82. The summed E-state index contributed by atoms with van der Waals surface area (Å²) >= 11 is 0. The van der Waals surface area contributed by atoms with Gasteiger partial charge in [-0.05, 0) is 11.0 Å². The largest absolute Gasteiger partial charge is 0.511 e. The Morgan fingerprint density at radius 2 is 1.85 bits per heavy atom. The van der Waals surface area contributed by atoms with E-state index in [1.807, 2.05) is 51.1 Å². The lowest BCUT2D eigenvalue weighted by molar-refractivity contribution is 0.142. The predicted octanol–water partition coefficient (Wildman–Crippen LogP) is 5.07. The predicted molar refractivity (Wildman–Crippen MR) is 100 cm³/mol. The minimum absolute atomic E-state index is 0.0398. The summed E-state index contributed by atoms with van der Waals surface area (Å²) in [5.74, 6) is -0.114. The molecule has 0 amide bonds. The van der Waals surface area contributed by atoms with E-state index in [9.17, 15) is 9.90 Å². The summed E-state index contributed by atoms with van der Waals surface area (Å²) in [6.45, 7) is 9.81. The van der Waals surface area contributed by atoms with E-state index in [1.165, 1.54) is 13.2 Å². The summed E-state index contributed by atoms with van der Waals surface area (Å²) in [5.41, 5.74) is 1.79. The van der Waals surface area contributed by atoms with Crippen molar-refractivity contribution in [3.05, 3.63) is 65.7 Å². The first-order valence-electron chi connectivity index (χ1n) is 8.23. The van der Waals surface area contributed by atoms with Crippen LogP contribution in [0.4, 0.5) is 4.79 Å². The summed E-state index contributed by atoms with van der Waals surface area (Å²) in [6, 6.07) is 10.9. The fourth-order valence-electron chi connectivity index (χ4n) is 3.15. The molecule has 2 aromatic rings. The van der Waals surface area contributed by atoms with Crippen LogP contribution in [-0.4, -0.2) is 23.5 Å². The molecule has 5 nitrogen and oxygen atoms in total. The molecule has 0 heterocycles. The van der Waals surface area contributed by atoms with Crippen molar-refractivity contribution in [2.45, 2.75) is 32.1 Å². The van der Waals surface area contributed by atoms with E-state index in [2.05, 4.69) is 6.58 Å². The minimum Gasteiger partial charge on any atom is -0.507 e. The third-order valence-electron chi connectivity index (χ3n) is 4.12. The van der Waals surface area contributed by atoms with Crippen LogP contribution in [0, 0.1) is 0 Å². The number of rotatable bonds is 5. The molecule has 0 radical (unpaired) electrons. The molecule has 2 rings (SSSR count). The maximum atomic E-state index is 11.0. The summed E-state index contributed by atoms with van der Waals surface area (Å²) in [5, 5.41) is 19.8. The number of benzene rings is 2. The molecule has 0 aliphatic carbocycles. The zero-order chi connectivity index (χ0) is 19.5. The Morgan fingerprint density at radius 3 is 2.31 bits per heavy atom. The molecule has 5 heteroatoms. The van der Waals surface area contributed by atoms with E-state index >= 15 is 0 Å². The first-order chi connectivity index (χ1) is 12.2. The van der Waals surface area contributed by atoms with Crippen LogP contribution in [0.3, 0.4) is 0 Å². The maximum Gasteiger partial charge on any atom is 0.511 e. The molecule has 138 valence electrons. The summed E-state index contributed by atoms with van der Waals surface area (Å²) in [6.07, 6.45) is 0.273. The normalized spacial score (nSPS) is 12.3.